The first-order valence-electron chi connectivity index (χ1n) is 13.3. The number of nitrogens with zero attached hydrogens (tertiary/aromatic N) is 2. The van der Waals surface area contributed by atoms with Gasteiger partial charge in [-0.3, -0.25) is 9.36 Å². The van der Waals surface area contributed by atoms with Crippen molar-refractivity contribution in [1.82, 2.24) is 4.57 Å². The Balaban J connectivity index is 1.66. The number of carbonyl (C=O) groups is 1. The average molecular weight is 573 g/mol. The van der Waals surface area contributed by atoms with E-state index < -0.39 is 35.1 Å². The number of carboxylic acids is 1. The van der Waals surface area contributed by atoms with Gasteiger partial charge in [-0.25, -0.2) is 9.18 Å². The summed E-state index contributed by atoms with van der Waals surface area (Å²) in [6.45, 7) is -0.00203. The maximum absolute atomic E-state index is 16.2. The third-order valence-corrected chi connectivity index (χ3v) is 7.66. The van der Waals surface area contributed by atoms with Crippen molar-refractivity contribution in [2.75, 3.05) is 11.4 Å². The summed E-state index contributed by atoms with van der Waals surface area (Å²) in [5.41, 5.74) is -0.601. The largest absolute Gasteiger partial charge is 0.480 e. The van der Waals surface area contributed by atoms with Crippen LogP contribution in [0.15, 0.2) is 102 Å². The molecule has 0 saturated carbocycles. The molecule has 1 aromatic heterocycles. The van der Waals surface area contributed by atoms with Crippen LogP contribution < -0.4 is 10.5 Å². The molecule has 1 aliphatic heterocycles. The maximum Gasteiger partial charge on any atom is 0.416 e. The van der Waals surface area contributed by atoms with Gasteiger partial charge in [0.1, 0.15) is 5.82 Å². The number of aromatic nitrogens is 1. The van der Waals surface area contributed by atoms with Gasteiger partial charge in [-0.2, -0.15) is 13.2 Å². The zero-order valence-electron chi connectivity index (χ0n) is 22.1. The van der Waals surface area contributed by atoms with E-state index in [4.69, 9.17) is 0 Å². The van der Waals surface area contributed by atoms with Gasteiger partial charge >= 0.3 is 12.1 Å². The van der Waals surface area contributed by atoms with Crippen LogP contribution in [0.1, 0.15) is 28.3 Å². The second-order valence-corrected chi connectivity index (χ2v) is 10.3. The molecule has 5 nitrogen and oxygen atoms in total. The Bertz CT molecular complexity index is 1880. The van der Waals surface area contributed by atoms with Gasteiger partial charge in [-0.15, -0.1) is 0 Å². The molecule has 1 atom stereocenters. The van der Waals surface area contributed by atoms with Crippen molar-refractivity contribution in [1.29, 1.82) is 0 Å². The maximum atomic E-state index is 16.2. The molecule has 42 heavy (non-hydrogen) atoms. The van der Waals surface area contributed by atoms with Crippen molar-refractivity contribution in [3.05, 3.63) is 135 Å². The molecule has 212 valence electrons. The number of anilines is 1. The molecule has 0 bridgehead atoms. The lowest BCUT2D eigenvalue weighted by molar-refractivity contribution is -0.140. The standard InChI is InChI=1S/C33H24F4N2O3/c34-29-26(17-22-12-6-11-21-10-4-5-15-25(21)22)28(23-13-7-14-24(16-23)33(35,36)37)30-38(18-20-8-2-1-3-9-20)19-27(32(41)42)39(30)31(29)40/h1-16,27H,17-19H2,(H,41,42). The number of benzene rings is 4. The molecule has 0 fully saturated rings. The van der Waals surface area contributed by atoms with E-state index in [1.807, 2.05) is 48.5 Å². The third-order valence-electron chi connectivity index (χ3n) is 7.66. The number of carboxylic acid groups (broad SMARTS) is 1. The van der Waals surface area contributed by atoms with E-state index >= 15 is 4.39 Å². The fourth-order valence-electron chi connectivity index (χ4n) is 5.76. The van der Waals surface area contributed by atoms with E-state index in [0.29, 0.717) is 5.56 Å². The molecule has 2 heterocycles. The zero-order chi connectivity index (χ0) is 29.6. The van der Waals surface area contributed by atoms with Crippen LogP contribution in [0.3, 0.4) is 0 Å². The van der Waals surface area contributed by atoms with Crippen LogP contribution in [-0.4, -0.2) is 22.2 Å². The highest BCUT2D eigenvalue weighted by molar-refractivity contribution is 5.88. The fourth-order valence-corrected chi connectivity index (χ4v) is 5.76. The normalized spacial score (nSPS) is 14.8. The van der Waals surface area contributed by atoms with E-state index in [1.165, 1.54) is 12.1 Å². The van der Waals surface area contributed by atoms with Crippen molar-refractivity contribution in [3.63, 3.8) is 0 Å². The number of alkyl halides is 3. The highest BCUT2D eigenvalue weighted by Gasteiger charge is 2.40. The second kappa shape index (κ2) is 10.5. The van der Waals surface area contributed by atoms with Crippen LogP contribution in [0.2, 0.25) is 0 Å². The van der Waals surface area contributed by atoms with Gasteiger partial charge in [0, 0.05) is 24.1 Å². The number of aliphatic carboxylic acids is 1. The Kier molecular flexibility index (Phi) is 6.80. The lowest BCUT2D eigenvalue weighted by atomic mass is 9.91. The number of fused-ring (bicyclic) bond motifs is 2. The molecule has 0 spiro atoms. The molecule has 0 aliphatic carbocycles. The monoisotopic (exact) mass is 572 g/mol. The summed E-state index contributed by atoms with van der Waals surface area (Å²) in [5.74, 6) is -2.45. The van der Waals surface area contributed by atoms with Crippen LogP contribution in [-0.2, 0) is 23.9 Å². The number of rotatable bonds is 6. The summed E-state index contributed by atoms with van der Waals surface area (Å²) in [5, 5.41) is 11.7. The topological polar surface area (TPSA) is 62.5 Å². The molecule has 5 aromatic rings. The Labute approximate surface area is 237 Å². The van der Waals surface area contributed by atoms with E-state index in [9.17, 15) is 27.9 Å². The number of hydrogen-bond donors (Lipinski definition) is 1. The van der Waals surface area contributed by atoms with Crippen molar-refractivity contribution >= 4 is 22.6 Å². The first-order valence-corrected chi connectivity index (χ1v) is 13.3. The van der Waals surface area contributed by atoms with Gasteiger partial charge in [-0.1, -0.05) is 84.9 Å². The first kappa shape index (κ1) is 27.3. The minimum Gasteiger partial charge on any atom is -0.480 e. The van der Waals surface area contributed by atoms with E-state index in [-0.39, 0.29) is 42.0 Å². The molecule has 9 heteroatoms. The summed E-state index contributed by atoms with van der Waals surface area (Å²) in [6.07, 6.45) is -4.77. The van der Waals surface area contributed by atoms with Crippen LogP contribution in [0, 0.1) is 5.82 Å². The van der Waals surface area contributed by atoms with Gasteiger partial charge < -0.3 is 10.0 Å². The summed E-state index contributed by atoms with van der Waals surface area (Å²) in [4.78, 5) is 27.5. The predicted molar refractivity (Wildman–Crippen MR) is 152 cm³/mol. The predicted octanol–water partition coefficient (Wildman–Crippen LogP) is 7.06. The van der Waals surface area contributed by atoms with Crippen LogP contribution in [0.25, 0.3) is 21.9 Å². The van der Waals surface area contributed by atoms with Gasteiger partial charge in [-0.05, 0) is 39.6 Å². The van der Waals surface area contributed by atoms with Crippen molar-refractivity contribution in [3.8, 4) is 11.1 Å². The highest BCUT2D eigenvalue weighted by atomic mass is 19.4. The van der Waals surface area contributed by atoms with Crippen LogP contribution in [0.4, 0.5) is 23.4 Å². The molecule has 0 amide bonds. The summed E-state index contributed by atoms with van der Waals surface area (Å²) < 4.78 is 58.6. The molecular formula is C33H24F4N2O3. The Morgan fingerprint density at radius 2 is 1.60 bits per heavy atom. The summed E-state index contributed by atoms with van der Waals surface area (Å²) >= 11 is 0. The minimum atomic E-state index is -4.67. The quantitative estimate of drug-likeness (QED) is 0.221. The highest BCUT2D eigenvalue weighted by Crippen LogP contribution is 2.43. The van der Waals surface area contributed by atoms with Crippen LogP contribution in [0.5, 0.6) is 0 Å². The first-order chi connectivity index (χ1) is 20.1. The van der Waals surface area contributed by atoms with Crippen LogP contribution >= 0.6 is 0 Å². The Morgan fingerprint density at radius 3 is 2.33 bits per heavy atom. The number of halogens is 4. The van der Waals surface area contributed by atoms with Crippen molar-refractivity contribution in [2.24, 2.45) is 0 Å². The van der Waals surface area contributed by atoms with Gasteiger partial charge in [0.15, 0.2) is 11.9 Å². The molecule has 1 unspecified atom stereocenters. The van der Waals surface area contributed by atoms with Crippen molar-refractivity contribution in [2.45, 2.75) is 25.2 Å². The average Bonchev–Trinajstić information content (AvgIpc) is 3.35. The fraction of sp³-hybridized carbons (Fsp3) is 0.152. The molecular weight excluding hydrogens is 548 g/mol. The number of pyridine rings is 1. The van der Waals surface area contributed by atoms with E-state index in [1.54, 1.807) is 29.2 Å². The number of hydrogen-bond acceptors (Lipinski definition) is 3. The molecule has 1 N–H and O–H groups in total. The lowest BCUT2D eigenvalue weighted by Crippen LogP contribution is -2.31. The SMILES string of the molecule is O=C(O)C1CN(Cc2ccccc2)c2c(-c3cccc(C(F)(F)F)c3)c(Cc3cccc4ccccc34)c(F)c(=O)n21. The summed E-state index contributed by atoms with van der Waals surface area (Å²) in [6, 6.07) is 25.0. The zero-order valence-corrected chi connectivity index (χ0v) is 22.1. The smallest absolute Gasteiger partial charge is 0.416 e. The lowest BCUT2D eigenvalue weighted by Gasteiger charge is -2.24. The summed E-state index contributed by atoms with van der Waals surface area (Å²) in [7, 11) is 0. The Hall–Kier alpha value is -4.92. The second-order valence-electron chi connectivity index (χ2n) is 10.3. The molecule has 6 rings (SSSR count). The molecule has 0 saturated heterocycles. The van der Waals surface area contributed by atoms with Gasteiger partial charge in [0.2, 0.25) is 0 Å². The minimum absolute atomic E-state index is 0.0341. The molecule has 0 radical (unpaired) electrons. The van der Waals surface area contributed by atoms with Gasteiger partial charge in [0.25, 0.3) is 5.56 Å². The third kappa shape index (κ3) is 4.81. The van der Waals surface area contributed by atoms with E-state index in [0.717, 1.165) is 33.0 Å². The van der Waals surface area contributed by atoms with Crippen molar-refractivity contribution < 1.29 is 27.5 Å². The van der Waals surface area contributed by atoms with E-state index in [2.05, 4.69) is 0 Å². The molecule has 4 aromatic carbocycles. The molecule has 1 aliphatic rings. The van der Waals surface area contributed by atoms with Gasteiger partial charge in [0.05, 0.1) is 12.1 Å². The Morgan fingerprint density at radius 1 is 0.905 bits per heavy atom.